The van der Waals surface area contributed by atoms with Crippen molar-refractivity contribution in [2.45, 2.75) is 27.2 Å². The Bertz CT molecular complexity index is 250. The van der Waals surface area contributed by atoms with Crippen LogP contribution < -0.4 is 5.32 Å². The van der Waals surface area contributed by atoms with Gasteiger partial charge in [-0.3, -0.25) is 0 Å². The van der Waals surface area contributed by atoms with Crippen LogP contribution in [-0.4, -0.2) is 46.2 Å². The standard InChI is InChI=1S/C11H25NO3S/c1-4-16(13,14)10-7-12-6-9-15-8-5-11(2)3/h11-12H,4-10H2,1-3H3. The van der Waals surface area contributed by atoms with Gasteiger partial charge in [0.2, 0.25) is 0 Å². The summed E-state index contributed by atoms with van der Waals surface area (Å²) in [5.41, 5.74) is 0. The van der Waals surface area contributed by atoms with Crippen LogP contribution in [0.1, 0.15) is 27.2 Å². The first-order valence-electron chi connectivity index (χ1n) is 5.97. The van der Waals surface area contributed by atoms with Crippen molar-refractivity contribution < 1.29 is 13.2 Å². The van der Waals surface area contributed by atoms with Crippen LogP contribution in [0.5, 0.6) is 0 Å². The normalized spacial score (nSPS) is 12.2. The van der Waals surface area contributed by atoms with Crippen LogP contribution >= 0.6 is 0 Å². The highest BCUT2D eigenvalue weighted by Crippen LogP contribution is 1.98. The lowest BCUT2D eigenvalue weighted by atomic mass is 10.1. The van der Waals surface area contributed by atoms with Crippen molar-refractivity contribution in [1.29, 1.82) is 0 Å². The van der Waals surface area contributed by atoms with Crippen molar-refractivity contribution in [2.75, 3.05) is 37.8 Å². The Morgan fingerprint density at radius 2 is 1.88 bits per heavy atom. The molecule has 5 heteroatoms. The summed E-state index contributed by atoms with van der Waals surface area (Å²) in [6.07, 6.45) is 1.07. The zero-order chi connectivity index (χ0) is 12.4. The second-order valence-electron chi connectivity index (χ2n) is 4.28. The number of rotatable bonds is 10. The van der Waals surface area contributed by atoms with Crippen LogP contribution in [0, 0.1) is 5.92 Å². The van der Waals surface area contributed by atoms with Gasteiger partial charge in [0.1, 0.15) is 0 Å². The average Bonchev–Trinajstić information content (AvgIpc) is 2.21. The summed E-state index contributed by atoms with van der Waals surface area (Å²) < 4.78 is 27.7. The maximum absolute atomic E-state index is 11.1. The molecule has 0 aliphatic carbocycles. The first-order chi connectivity index (χ1) is 7.48. The smallest absolute Gasteiger partial charge is 0.151 e. The molecule has 0 aliphatic heterocycles. The fourth-order valence-corrected chi connectivity index (χ4v) is 1.81. The maximum atomic E-state index is 11.1. The molecule has 98 valence electrons. The summed E-state index contributed by atoms with van der Waals surface area (Å²) in [5, 5.41) is 3.06. The molecule has 0 fully saturated rings. The summed E-state index contributed by atoms with van der Waals surface area (Å²) in [5.74, 6) is 1.11. The first kappa shape index (κ1) is 15.9. The monoisotopic (exact) mass is 251 g/mol. The topological polar surface area (TPSA) is 55.4 Å². The van der Waals surface area contributed by atoms with Gasteiger partial charge in [0, 0.05) is 25.4 Å². The minimum absolute atomic E-state index is 0.218. The van der Waals surface area contributed by atoms with Gasteiger partial charge in [-0.05, 0) is 12.3 Å². The highest BCUT2D eigenvalue weighted by atomic mass is 32.2. The predicted molar refractivity (Wildman–Crippen MR) is 67.5 cm³/mol. The minimum atomic E-state index is -2.83. The van der Waals surface area contributed by atoms with E-state index in [1.165, 1.54) is 0 Å². The van der Waals surface area contributed by atoms with E-state index in [2.05, 4.69) is 19.2 Å². The number of hydrogen-bond acceptors (Lipinski definition) is 4. The van der Waals surface area contributed by atoms with Crippen LogP contribution in [0.15, 0.2) is 0 Å². The lowest BCUT2D eigenvalue weighted by Crippen LogP contribution is -2.27. The Labute approximate surface area is 99.7 Å². The van der Waals surface area contributed by atoms with Crippen LogP contribution in [0.2, 0.25) is 0 Å². The van der Waals surface area contributed by atoms with Crippen LogP contribution in [0.3, 0.4) is 0 Å². The van der Waals surface area contributed by atoms with Gasteiger partial charge in [-0.2, -0.15) is 0 Å². The second kappa shape index (κ2) is 8.96. The molecule has 0 aromatic carbocycles. The molecule has 0 spiro atoms. The Kier molecular flexibility index (Phi) is 8.89. The molecule has 0 bridgehead atoms. The lowest BCUT2D eigenvalue weighted by Gasteiger charge is -2.07. The molecule has 0 aromatic rings. The molecule has 0 saturated heterocycles. The second-order valence-corrected chi connectivity index (χ2v) is 6.75. The van der Waals surface area contributed by atoms with Gasteiger partial charge in [-0.25, -0.2) is 8.42 Å². The minimum Gasteiger partial charge on any atom is -0.380 e. The number of hydrogen-bond donors (Lipinski definition) is 1. The number of sulfone groups is 1. The molecular formula is C11H25NO3S. The van der Waals surface area contributed by atoms with Crippen molar-refractivity contribution in [3.8, 4) is 0 Å². The fraction of sp³-hybridized carbons (Fsp3) is 1.00. The van der Waals surface area contributed by atoms with Crippen molar-refractivity contribution in [3.05, 3.63) is 0 Å². The highest BCUT2D eigenvalue weighted by Gasteiger charge is 2.05. The Balaban J connectivity index is 3.22. The number of ether oxygens (including phenoxy) is 1. The Hall–Kier alpha value is -0.130. The molecule has 0 heterocycles. The molecule has 16 heavy (non-hydrogen) atoms. The van der Waals surface area contributed by atoms with Crippen LogP contribution in [0.4, 0.5) is 0 Å². The Morgan fingerprint density at radius 1 is 1.19 bits per heavy atom. The average molecular weight is 251 g/mol. The summed E-state index contributed by atoms with van der Waals surface area (Å²) in [4.78, 5) is 0. The summed E-state index contributed by atoms with van der Waals surface area (Å²) in [6, 6.07) is 0. The van der Waals surface area contributed by atoms with E-state index in [1.54, 1.807) is 6.92 Å². The van der Waals surface area contributed by atoms with Gasteiger partial charge in [0.25, 0.3) is 0 Å². The molecule has 0 unspecified atom stereocenters. The lowest BCUT2D eigenvalue weighted by molar-refractivity contribution is 0.125. The van der Waals surface area contributed by atoms with E-state index >= 15 is 0 Å². The maximum Gasteiger partial charge on any atom is 0.151 e. The van der Waals surface area contributed by atoms with Gasteiger partial charge >= 0.3 is 0 Å². The largest absolute Gasteiger partial charge is 0.380 e. The van der Waals surface area contributed by atoms with Crippen LogP contribution in [0.25, 0.3) is 0 Å². The molecule has 0 radical (unpaired) electrons. The van der Waals surface area contributed by atoms with Gasteiger partial charge in [0.05, 0.1) is 12.4 Å². The van der Waals surface area contributed by atoms with E-state index in [0.717, 1.165) is 19.6 Å². The van der Waals surface area contributed by atoms with Gasteiger partial charge in [-0.15, -0.1) is 0 Å². The molecule has 4 nitrogen and oxygen atoms in total. The van der Waals surface area contributed by atoms with Crippen LogP contribution in [-0.2, 0) is 14.6 Å². The van der Waals surface area contributed by atoms with E-state index in [9.17, 15) is 8.42 Å². The van der Waals surface area contributed by atoms with E-state index in [0.29, 0.717) is 19.1 Å². The van der Waals surface area contributed by atoms with Crippen molar-refractivity contribution >= 4 is 9.84 Å². The van der Waals surface area contributed by atoms with E-state index < -0.39 is 9.84 Å². The van der Waals surface area contributed by atoms with Crippen molar-refractivity contribution in [1.82, 2.24) is 5.32 Å². The van der Waals surface area contributed by atoms with Gasteiger partial charge < -0.3 is 10.1 Å². The van der Waals surface area contributed by atoms with Crippen molar-refractivity contribution in [3.63, 3.8) is 0 Å². The molecule has 0 aliphatic rings. The molecule has 0 saturated carbocycles. The summed E-state index contributed by atoms with van der Waals surface area (Å²) in [7, 11) is -2.83. The third-order valence-electron chi connectivity index (χ3n) is 2.29. The Morgan fingerprint density at radius 3 is 2.44 bits per heavy atom. The SMILES string of the molecule is CCS(=O)(=O)CCNCCOCCC(C)C. The highest BCUT2D eigenvalue weighted by molar-refractivity contribution is 7.91. The van der Waals surface area contributed by atoms with Crippen molar-refractivity contribution in [2.24, 2.45) is 5.92 Å². The molecule has 0 atom stereocenters. The molecule has 0 aromatic heterocycles. The molecule has 1 N–H and O–H groups in total. The van der Waals surface area contributed by atoms with E-state index in [4.69, 9.17) is 4.74 Å². The predicted octanol–water partition coefficient (Wildman–Crippen LogP) is 1.07. The first-order valence-corrected chi connectivity index (χ1v) is 7.79. The molecule has 0 amide bonds. The number of nitrogens with one attached hydrogen (secondary N) is 1. The van der Waals surface area contributed by atoms with Gasteiger partial charge in [0.15, 0.2) is 9.84 Å². The third-order valence-corrected chi connectivity index (χ3v) is 4.00. The summed E-state index contributed by atoms with van der Waals surface area (Å²) >= 11 is 0. The summed E-state index contributed by atoms with van der Waals surface area (Å²) in [6.45, 7) is 8.67. The molecular weight excluding hydrogens is 226 g/mol. The fourth-order valence-electron chi connectivity index (χ4n) is 1.06. The zero-order valence-corrected chi connectivity index (χ0v) is 11.5. The molecule has 0 rings (SSSR count). The third kappa shape index (κ3) is 10.4. The van der Waals surface area contributed by atoms with E-state index in [1.807, 2.05) is 0 Å². The quantitative estimate of drug-likeness (QED) is 0.590. The van der Waals surface area contributed by atoms with E-state index in [-0.39, 0.29) is 11.5 Å². The van der Waals surface area contributed by atoms with Gasteiger partial charge in [-0.1, -0.05) is 20.8 Å². The zero-order valence-electron chi connectivity index (χ0n) is 10.7.